The number of hydrogen-bond acceptors (Lipinski definition) is 6. The van der Waals surface area contributed by atoms with Crippen molar-refractivity contribution >= 4 is 15.9 Å². The first kappa shape index (κ1) is 20.7. The van der Waals surface area contributed by atoms with Crippen LogP contribution in [0, 0.1) is 0 Å². The Bertz CT molecular complexity index is 747. The van der Waals surface area contributed by atoms with Crippen molar-refractivity contribution in [2.45, 2.75) is 50.7 Å². The van der Waals surface area contributed by atoms with Crippen LogP contribution in [0.4, 0.5) is 0 Å². The van der Waals surface area contributed by atoms with Crippen LogP contribution >= 0.6 is 0 Å². The maximum absolute atomic E-state index is 11.7. The topological polar surface area (TPSA) is 94.2 Å². The zero-order valence-electron chi connectivity index (χ0n) is 15.9. The van der Waals surface area contributed by atoms with Crippen LogP contribution in [0.3, 0.4) is 0 Å². The second kappa shape index (κ2) is 8.83. The molecule has 0 aliphatic carbocycles. The molecule has 0 radical (unpaired) electrons. The van der Waals surface area contributed by atoms with Gasteiger partial charge in [0, 0.05) is 6.04 Å². The van der Waals surface area contributed by atoms with Crippen molar-refractivity contribution in [1.29, 1.82) is 0 Å². The van der Waals surface area contributed by atoms with Crippen molar-refractivity contribution in [3.8, 4) is 5.75 Å². The van der Waals surface area contributed by atoms with Crippen molar-refractivity contribution < 1.29 is 17.9 Å². The number of ether oxygens (including phenoxy) is 2. The van der Waals surface area contributed by atoms with Crippen LogP contribution in [-0.2, 0) is 14.8 Å². The van der Waals surface area contributed by atoms with E-state index in [0.717, 1.165) is 19.5 Å². The molecule has 1 aromatic rings. The highest BCUT2D eigenvalue weighted by molar-refractivity contribution is 7.89. The summed E-state index contributed by atoms with van der Waals surface area (Å²) in [6, 6.07) is 4.82. The molecule has 8 heteroatoms. The van der Waals surface area contributed by atoms with Gasteiger partial charge in [-0.05, 0) is 58.0 Å². The van der Waals surface area contributed by atoms with Gasteiger partial charge >= 0.3 is 0 Å². The lowest BCUT2D eigenvalue weighted by Crippen LogP contribution is -2.32. The van der Waals surface area contributed by atoms with Gasteiger partial charge in [-0.1, -0.05) is 6.92 Å². The minimum absolute atomic E-state index is 0.00408. The van der Waals surface area contributed by atoms with E-state index >= 15 is 0 Å². The number of aliphatic imine (C=N–C) groups is 1. The number of primary sulfonamides is 1. The molecule has 2 rings (SSSR count). The number of likely N-dealkylation sites (tertiary alicyclic amines) is 1. The SMILES string of the molecule is CCN1CCCC1CN=C(OC(C)C)c1cc(S(N)(=O)=O)ccc1OC. The summed E-state index contributed by atoms with van der Waals surface area (Å²) in [5.74, 6) is 0.876. The second-order valence-electron chi connectivity index (χ2n) is 6.64. The Hall–Kier alpha value is -1.64. The molecule has 1 atom stereocenters. The summed E-state index contributed by atoms with van der Waals surface area (Å²) in [7, 11) is -2.30. The third kappa shape index (κ3) is 5.18. The number of rotatable bonds is 7. The zero-order chi connectivity index (χ0) is 19.3. The highest BCUT2D eigenvalue weighted by Crippen LogP contribution is 2.25. The predicted molar refractivity (Wildman–Crippen MR) is 102 cm³/mol. The molecule has 0 aromatic heterocycles. The summed E-state index contributed by atoms with van der Waals surface area (Å²) in [4.78, 5) is 7.08. The van der Waals surface area contributed by atoms with E-state index in [2.05, 4.69) is 16.8 Å². The van der Waals surface area contributed by atoms with Gasteiger partial charge in [-0.2, -0.15) is 0 Å². The van der Waals surface area contributed by atoms with Crippen LogP contribution in [0.25, 0.3) is 0 Å². The molecule has 7 nitrogen and oxygen atoms in total. The normalized spacial score (nSPS) is 19.2. The summed E-state index contributed by atoms with van der Waals surface area (Å²) in [6.07, 6.45) is 2.15. The summed E-state index contributed by atoms with van der Waals surface area (Å²) in [6.45, 7) is 8.62. The van der Waals surface area contributed by atoms with Crippen molar-refractivity contribution in [3.63, 3.8) is 0 Å². The van der Waals surface area contributed by atoms with Gasteiger partial charge in [-0.25, -0.2) is 18.5 Å². The van der Waals surface area contributed by atoms with Gasteiger partial charge in [0.2, 0.25) is 15.9 Å². The quantitative estimate of drug-likeness (QED) is 0.574. The van der Waals surface area contributed by atoms with Crippen molar-refractivity contribution in [2.24, 2.45) is 10.1 Å². The van der Waals surface area contributed by atoms with Crippen LogP contribution in [-0.4, -0.2) is 58.1 Å². The smallest absolute Gasteiger partial charge is 0.238 e. The Morgan fingerprint density at radius 3 is 2.73 bits per heavy atom. The summed E-state index contributed by atoms with van der Waals surface area (Å²) in [5.41, 5.74) is 0.494. The Kier molecular flexibility index (Phi) is 7.02. The molecular weight excluding hydrogens is 354 g/mol. The fourth-order valence-electron chi connectivity index (χ4n) is 3.15. The molecule has 2 N–H and O–H groups in total. The van der Waals surface area contributed by atoms with Gasteiger partial charge in [0.05, 0.1) is 30.2 Å². The average Bonchev–Trinajstić information content (AvgIpc) is 3.04. The van der Waals surface area contributed by atoms with Gasteiger partial charge in [-0.15, -0.1) is 0 Å². The Morgan fingerprint density at radius 2 is 2.15 bits per heavy atom. The van der Waals surface area contributed by atoms with E-state index in [4.69, 9.17) is 14.6 Å². The minimum Gasteiger partial charge on any atom is -0.496 e. The molecular formula is C18H29N3O4S. The highest BCUT2D eigenvalue weighted by atomic mass is 32.2. The molecule has 0 amide bonds. The van der Waals surface area contributed by atoms with Gasteiger partial charge in [0.25, 0.3) is 0 Å². The number of nitrogens with zero attached hydrogens (tertiary/aromatic N) is 2. The molecule has 1 aromatic carbocycles. The molecule has 26 heavy (non-hydrogen) atoms. The molecule has 146 valence electrons. The second-order valence-corrected chi connectivity index (χ2v) is 8.21. The fourth-order valence-corrected chi connectivity index (χ4v) is 3.69. The number of nitrogens with two attached hydrogens (primary N) is 1. The molecule has 1 heterocycles. The monoisotopic (exact) mass is 383 g/mol. The van der Waals surface area contributed by atoms with Gasteiger partial charge in [0.1, 0.15) is 5.75 Å². The zero-order valence-corrected chi connectivity index (χ0v) is 16.8. The first-order chi connectivity index (χ1) is 12.3. The lowest BCUT2D eigenvalue weighted by atomic mass is 10.2. The first-order valence-corrected chi connectivity index (χ1v) is 10.5. The number of methoxy groups -OCH3 is 1. The van der Waals surface area contributed by atoms with E-state index in [1.165, 1.54) is 25.7 Å². The van der Waals surface area contributed by atoms with E-state index < -0.39 is 10.0 Å². The molecule has 0 spiro atoms. The number of likely N-dealkylation sites (N-methyl/N-ethyl adjacent to an activating group) is 1. The lowest BCUT2D eigenvalue weighted by Gasteiger charge is -2.22. The Balaban J connectivity index is 2.40. The van der Waals surface area contributed by atoms with E-state index in [1.807, 2.05) is 13.8 Å². The first-order valence-electron chi connectivity index (χ1n) is 8.92. The standard InChI is InChI=1S/C18H29N3O4S/c1-5-21-10-6-7-14(21)12-20-18(25-13(2)3)16-11-15(26(19,22)23)8-9-17(16)24-4/h8-9,11,13-14H,5-7,10,12H2,1-4H3,(H2,19,22,23). The summed E-state index contributed by atoms with van der Waals surface area (Å²) in [5, 5.41) is 5.27. The number of sulfonamides is 1. The number of hydrogen-bond donors (Lipinski definition) is 1. The van der Waals surface area contributed by atoms with Crippen LogP contribution < -0.4 is 9.88 Å². The van der Waals surface area contributed by atoms with Gasteiger partial charge in [0.15, 0.2) is 0 Å². The largest absolute Gasteiger partial charge is 0.496 e. The average molecular weight is 384 g/mol. The fraction of sp³-hybridized carbons (Fsp3) is 0.611. The molecule has 1 saturated heterocycles. The molecule has 1 aliphatic rings. The predicted octanol–water partition coefficient (Wildman–Crippen LogP) is 2.00. The van der Waals surface area contributed by atoms with E-state index in [1.54, 1.807) is 6.07 Å². The third-order valence-corrected chi connectivity index (χ3v) is 5.34. The summed E-state index contributed by atoms with van der Waals surface area (Å²) < 4.78 is 34.7. The van der Waals surface area contributed by atoms with Gasteiger partial charge < -0.3 is 9.47 Å². The molecule has 0 bridgehead atoms. The Morgan fingerprint density at radius 1 is 1.42 bits per heavy atom. The maximum Gasteiger partial charge on any atom is 0.238 e. The highest BCUT2D eigenvalue weighted by Gasteiger charge is 2.24. The number of benzene rings is 1. The van der Waals surface area contributed by atoms with E-state index in [9.17, 15) is 8.42 Å². The van der Waals surface area contributed by atoms with Crippen LogP contribution in [0.1, 0.15) is 39.2 Å². The molecule has 0 saturated carbocycles. The van der Waals surface area contributed by atoms with E-state index in [0.29, 0.717) is 29.8 Å². The third-order valence-electron chi connectivity index (χ3n) is 4.43. The van der Waals surface area contributed by atoms with Crippen LogP contribution in [0.5, 0.6) is 5.75 Å². The maximum atomic E-state index is 11.7. The van der Waals surface area contributed by atoms with E-state index in [-0.39, 0.29) is 11.0 Å². The lowest BCUT2D eigenvalue weighted by molar-refractivity contribution is 0.224. The minimum atomic E-state index is -3.83. The summed E-state index contributed by atoms with van der Waals surface area (Å²) >= 11 is 0. The Labute approximate surface area is 156 Å². The van der Waals surface area contributed by atoms with Gasteiger partial charge in [-0.3, -0.25) is 4.90 Å². The van der Waals surface area contributed by atoms with Crippen LogP contribution in [0.15, 0.2) is 28.1 Å². The van der Waals surface area contributed by atoms with Crippen molar-refractivity contribution in [3.05, 3.63) is 23.8 Å². The molecule has 1 aliphatic heterocycles. The van der Waals surface area contributed by atoms with Crippen LogP contribution in [0.2, 0.25) is 0 Å². The van der Waals surface area contributed by atoms with Crippen molar-refractivity contribution in [2.75, 3.05) is 26.7 Å². The van der Waals surface area contributed by atoms with Crippen molar-refractivity contribution in [1.82, 2.24) is 4.90 Å². The molecule has 1 fully saturated rings. The molecule has 1 unspecified atom stereocenters.